The second-order valence-electron chi connectivity index (χ2n) is 18.8. The molecule has 0 bridgehead atoms. The molecule has 16 nitrogen and oxygen atoms in total. The Morgan fingerprint density at radius 3 is 1.57 bits per heavy atom. The summed E-state index contributed by atoms with van der Waals surface area (Å²) in [6.07, 6.45) is 6.58. The normalized spacial score (nSPS) is 22.8. The summed E-state index contributed by atoms with van der Waals surface area (Å²) in [5.41, 5.74) is -1.96. The quantitative estimate of drug-likeness (QED) is 0.0936. The Hall–Kier alpha value is -5.71. The Kier molecular flexibility index (Phi) is 15.5. The van der Waals surface area contributed by atoms with Crippen molar-refractivity contribution in [1.29, 1.82) is 0 Å². The van der Waals surface area contributed by atoms with Crippen LogP contribution in [0, 0.1) is 39.6 Å². The van der Waals surface area contributed by atoms with Gasteiger partial charge in [0.25, 0.3) is 11.8 Å². The van der Waals surface area contributed by atoms with Crippen molar-refractivity contribution in [3.8, 4) is 45.3 Å². The summed E-state index contributed by atoms with van der Waals surface area (Å²) in [6.45, 7) is 10.7. The molecule has 2 amide bonds. The first kappa shape index (κ1) is 52.7. The molecule has 4 aromatic rings. The van der Waals surface area contributed by atoms with Gasteiger partial charge in [0, 0.05) is 58.3 Å². The average Bonchev–Trinajstić information content (AvgIpc) is 4.16. The topological polar surface area (TPSA) is 212 Å². The number of aliphatic hydroxyl groups is 2. The highest BCUT2D eigenvalue weighted by Crippen LogP contribution is 2.51. The Balaban J connectivity index is 0.000000192. The first-order valence-corrected chi connectivity index (χ1v) is 24.4. The van der Waals surface area contributed by atoms with E-state index < -0.39 is 46.3 Å². The summed E-state index contributed by atoms with van der Waals surface area (Å²) in [5.74, 6) is 4.97. The van der Waals surface area contributed by atoms with Gasteiger partial charge in [-0.05, 0) is 101 Å². The Morgan fingerprint density at radius 2 is 1.19 bits per heavy atom. The van der Waals surface area contributed by atoms with Gasteiger partial charge in [-0.15, -0.1) is 29.1 Å². The van der Waals surface area contributed by atoms with Crippen molar-refractivity contribution < 1.29 is 57.9 Å². The highest BCUT2D eigenvalue weighted by atomic mass is 127. The second-order valence-corrected chi connectivity index (χ2v) is 22.2. The summed E-state index contributed by atoms with van der Waals surface area (Å²) in [4.78, 5) is 85.2. The van der Waals surface area contributed by atoms with Gasteiger partial charge in [0.15, 0.2) is 11.4 Å². The summed E-state index contributed by atoms with van der Waals surface area (Å²) in [7, 11) is 5.92. The molecule has 6 unspecified atom stereocenters. The summed E-state index contributed by atoms with van der Waals surface area (Å²) < 4.78 is 21.4. The molecule has 2 aliphatic heterocycles. The average molecular weight is 1090 g/mol. The molecule has 19 heteroatoms. The fraction of sp³-hybridized carbons (Fsp3) is 0.440. The molecule has 2 aliphatic carbocycles. The van der Waals surface area contributed by atoms with Crippen LogP contribution in [-0.2, 0) is 51.0 Å². The lowest BCUT2D eigenvalue weighted by atomic mass is 9.99. The van der Waals surface area contributed by atoms with E-state index in [2.05, 4.69) is 50.3 Å². The van der Waals surface area contributed by atoms with Crippen LogP contribution in [0.3, 0.4) is 0 Å². The van der Waals surface area contributed by atoms with Crippen molar-refractivity contribution in [3.63, 3.8) is 0 Å². The number of thiazole rings is 2. The van der Waals surface area contributed by atoms with Crippen molar-refractivity contribution in [2.45, 2.75) is 102 Å². The number of hydrogen-bond donors (Lipinski definition) is 2. The Labute approximate surface area is 422 Å². The maximum Gasteiger partial charge on any atom is 0.357 e. The van der Waals surface area contributed by atoms with E-state index in [1.165, 1.54) is 36.9 Å². The number of benzene rings is 2. The number of carbonyl (C=O) groups excluding carboxylic acids is 6. The highest BCUT2D eigenvalue weighted by Gasteiger charge is 2.66. The first-order chi connectivity index (χ1) is 32.2. The van der Waals surface area contributed by atoms with Crippen LogP contribution in [0.5, 0.6) is 0 Å². The van der Waals surface area contributed by atoms with Gasteiger partial charge < -0.3 is 39.0 Å². The van der Waals surface area contributed by atoms with Crippen molar-refractivity contribution in [1.82, 2.24) is 19.8 Å². The van der Waals surface area contributed by atoms with Crippen LogP contribution in [0.25, 0.3) is 21.1 Å². The molecule has 2 saturated carbocycles. The summed E-state index contributed by atoms with van der Waals surface area (Å²) in [5, 5.41) is 21.6. The lowest BCUT2D eigenvalue weighted by Crippen LogP contribution is -2.41. The van der Waals surface area contributed by atoms with Gasteiger partial charge in [-0.25, -0.2) is 19.6 Å². The molecule has 6 atom stereocenters. The van der Waals surface area contributed by atoms with Crippen LogP contribution in [0.2, 0.25) is 0 Å². The molecule has 0 radical (unpaired) electrons. The van der Waals surface area contributed by atoms with Crippen molar-refractivity contribution in [3.05, 3.63) is 78.8 Å². The smallest absolute Gasteiger partial charge is 0.357 e. The van der Waals surface area contributed by atoms with E-state index in [1.807, 2.05) is 30.3 Å². The Morgan fingerprint density at radius 1 is 0.754 bits per heavy atom. The molecule has 69 heavy (non-hydrogen) atoms. The Bertz CT molecular complexity index is 2810. The number of esters is 4. The van der Waals surface area contributed by atoms with E-state index >= 15 is 0 Å². The van der Waals surface area contributed by atoms with E-state index in [1.54, 1.807) is 83.6 Å². The minimum Gasteiger partial charge on any atom is -0.464 e. The van der Waals surface area contributed by atoms with Gasteiger partial charge in [0.05, 0.1) is 36.8 Å². The van der Waals surface area contributed by atoms with Gasteiger partial charge in [-0.1, -0.05) is 42.0 Å². The molecule has 2 N–H and O–H groups in total. The lowest BCUT2D eigenvalue weighted by molar-refractivity contribution is -0.155. The number of piperidine rings is 2. The van der Waals surface area contributed by atoms with Crippen LogP contribution >= 0.6 is 45.3 Å². The molecule has 8 rings (SSSR count). The number of likely N-dealkylation sites (tertiary alicyclic amines) is 2. The first-order valence-electron chi connectivity index (χ1n) is 21.7. The van der Waals surface area contributed by atoms with E-state index in [4.69, 9.17) is 25.4 Å². The van der Waals surface area contributed by atoms with Gasteiger partial charge in [0.2, 0.25) is 11.2 Å². The summed E-state index contributed by atoms with van der Waals surface area (Å²) in [6, 6.07) is 15.2. The molecule has 2 aromatic heterocycles. The monoisotopic (exact) mass is 1090 g/mol. The van der Waals surface area contributed by atoms with E-state index in [0.717, 1.165) is 22.0 Å². The number of terminal acetylenes is 1. The van der Waals surface area contributed by atoms with Gasteiger partial charge >= 0.3 is 23.9 Å². The SMILES string of the molecule is C#CC1(O)C(=O)N(C)C2CC21.COC(=O)c1nc(-c2cccc(C#CC3(O)C(=O)N(C)C4CC43)c2)sc1CC(=O)OC(C)(C)C.COC(=O)c1nc(-c2cccc(I)c2)sc1CC(=O)OC(C)(C)C. The molecular formula is C50H53IN4O12S2. The number of halogens is 1. The summed E-state index contributed by atoms with van der Waals surface area (Å²) >= 11 is 4.72. The maximum absolute atomic E-state index is 12.4. The number of amides is 2. The number of nitrogens with zero attached hydrogens (tertiary/aromatic N) is 4. The van der Waals surface area contributed by atoms with Gasteiger partial charge in [-0.3, -0.25) is 19.2 Å². The number of ether oxygens (including phenoxy) is 4. The number of likely N-dealkylation sites (N-methyl/N-ethyl adjacent to an activating group) is 2. The van der Waals surface area contributed by atoms with E-state index in [9.17, 15) is 39.0 Å². The number of methoxy groups -OCH3 is 2. The molecule has 2 aromatic carbocycles. The zero-order chi connectivity index (χ0) is 51.0. The molecule has 4 aliphatic rings. The predicted octanol–water partition coefficient (Wildman–Crippen LogP) is 5.72. The second kappa shape index (κ2) is 20.3. The molecule has 4 fully saturated rings. The van der Waals surface area contributed by atoms with Crippen molar-refractivity contribution in [2.24, 2.45) is 11.8 Å². The zero-order valence-electron chi connectivity index (χ0n) is 39.8. The standard InChI is InChI=1S/C25H26N2O6S.C17H18INO4S.C8H9NO2/c1-24(2,3)33-19(28)13-18-20(22(29)32-5)26-21(34-18)15-8-6-7-14(11-15)9-10-25(31)16-12-17(16)27(4)23(25)30;1-17(2,3)23-13(20)9-12-14(16(21)22-4)19-15(24-12)10-6-5-7-11(18)8-10;1-3-8(11)5-4-6(5)9(2)7(8)10/h6-8,11,16-17,31H,12-13H2,1-5H3;5-8H,9H2,1-4H3;1,5-6,11H,4H2,2H3. The van der Waals surface area contributed by atoms with E-state index in [-0.39, 0.29) is 60.0 Å². The number of rotatable bonds is 8. The predicted molar refractivity (Wildman–Crippen MR) is 265 cm³/mol. The fourth-order valence-electron chi connectivity index (χ4n) is 7.83. The van der Waals surface area contributed by atoms with Crippen LogP contribution in [0.1, 0.15) is 90.7 Å². The molecule has 4 heterocycles. The minimum absolute atomic E-state index is 0.00926. The lowest BCUT2D eigenvalue weighted by Gasteiger charge is -2.19. The minimum atomic E-state index is -1.66. The maximum atomic E-state index is 12.4. The van der Waals surface area contributed by atoms with Gasteiger partial charge in [-0.2, -0.15) is 0 Å². The third-order valence-electron chi connectivity index (χ3n) is 11.3. The number of carbonyl (C=O) groups is 6. The van der Waals surface area contributed by atoms with Crippen LogP contribution in [0.4, 0.5) is 0 Å². The van der Waals surface area contributed by atoms with Crippen LogP contribution in [-0.4, -0.2) is 128 Å². The molecule has 2 saturated heterocycles. The number of aromatic nitrogens is 2. The van der Waals surface area contributed by atoms with Crippen molar-refractivity contribution in [2.75, 3.05) is 28.3 Å². The molecule has 0 spiro atoms. The van der Waals surface area contributed by atoms with E-state index in [0.29, 0.717) is 30.9 Å². The third-order valence-corrected chi connectivity index (χ3v) is 14.2. The number of hydrogen-bond acceptors (Lipinski definition) is 16. The third kappa shape index (κ3) is 12.0. The zero-order valence-corrected chi connectivity index (χ0v) is 43.6. The van der Waals surface area contributed by atoms with Crippen molar-refractivity contribution >= 4 is 81.0 Å². The largest absolute Gasteiger partial charge is 0.464 e. The van der Waals surface area contributed by atoms with Crippen LogP contribution in [0.15, 0.2) is 48.5 Å². The fourth-order valence-corrected chi connectivity index (χ4v) is 10.4. The van der Waals surface area contributed by atoms with Crippen LogP contribution < -0.4 is 0 Å². The molecular weight excluding hydrogens is 1040 g/mol. The number of fused-ring (bicyclic) bond motifs is 2. The van der Waals surface area contributed by atoms with Gasteiger partial charge in [0.1, 0.15) is 21.2 Å². The highest BCUT2D eigenvalue weighted by molar-refractivity contribution is 14.1. The molecule has 364 valence electrons.